The van der Waals surface area contributed by atoms with Gasteiger partial charge in [-0.15, -0.1) is 0 Å². The minimum Gasteiger partial charge on any atom is -0.508 e. The predicted molar refractivity (Wildman–Crippen MR) is 137 cm³/mol. The Hall–Kier alpha value is -2.93. The van der Waals surface area contributed by atoms with Crippen LogP contribution in [0.15, 0.2) is 48.5 Å². The molecule has 2 saturated heterocycles. The van der Waals surface area contributed by atoms with E-state index in [4.69, 9.17) is 19.3 Å². The van der Waals surface area contributed by atoms with Crippen molar-refractivity contribution in [2.75, 3.05) is 46.5 Å². The van der Waals surface area contributed by atoms with E-state index in [9.17, 15) is 4.79 Å². The number of piperidine rings is 1. The number of carbonyl (C=O) groups is 1. The molecule has 0 aliphatic carbocycles. The Morgan fingerprint density at radius 1 is 0.943 bits per heavy atom. The van der Waals surface area contributed by atoms with Gasteiger partial charge < -0.3 is 29.1 Å². The molecular weight excluding hydrogens is 444 g/mol. The molecule has 0 radical (unpaired) electrons. The summed E-state index contributed by atoms with van der Waals surface area (Å²) in [5.74, 6) is 2.28. The highest BCUT2D eigenvalue weighted by Crippen LogP contribution is 2.32. The van der Waals surface area contributed by atoms with Crippen LogP contribution in [0.5, 0.6) is 17.2 Å². The van der Waals surface area contributed by atoms with Crippen molar-refractivity contribution < 1.29 is 24.1 Å². The van der Waals surface area contributed by atoms with Gasteiger partial charge in [0.2, 0.25) is 0 Å². The van der Waals surface area contributed by atoms with E-state index in [0.29, 0.717) is 31.3 Å². The summed E-state index contributed by atoms with van der Waals surface area (Å²) in [4.78, 5) is 16.3. The van der Waals surface area contributed by atoms with Gasteiger partial charge in [0, 0.05) is 12.6 Å². The van der Waals surface area contributed by atoms with E-state index in [1.807, 2.05) is 24.8 Å². The van der Waals surface area contributed by atoms with Crippen LogP contribution in [0.4, 0.5) is 4.79 Å². The van der Waals surface area contributed by atoms with Crippen molar-refractivity contribution in [2.45, 2.75) is 45.6 Å². The van der Waals surface area contributed by atoms with E-state index >= 15 is 0 Å². The molecule has 2 fully saturated rings. The van der Waals surface area contributed by atoms with Crippen LogP contribution in [0.3, 0.4) is 0 Å². The number of cyclic esters (lactones) is 1. The molecule has 192 valence electrons. The summed E-state index contributed by atoms with van der Waals surface area (Å²) in [5.41, 5.74) is 1.27. The Morgan fingerprint density at radius 3 is 2.34 bits per heavy atom. The van der Waals surface area contributed by atoms with Gasteiger partial charge in [0.05, 0.1) is 6.04 Å². The fourth-order valence-corrected chi connectivity index (χ4v) is 4.52. The first-order valence-electron chi connectivity index (χ1n) is 12.8. The number of carbonyl (C=O) groups excluding carboxylic acids is 1. The first-order valence-corrected chi connectivity index (χ1v) is 12.8. The lowest BCUT2D eigenvalue weighted by Crippen LogP contribution is -2.38. The molecule has 7 nitrogen and oxygen atoms in total. The second-order valence-corrected chi connectivity index (χ2v) is 8.98. The molecule has 0 bridgehead atoms. The van der Waals surface area contributed by atoms with Gasteiger partial charge >= 0.3 is 6.09 Å². The van der Waals surface area contributed by atoms with Gasteiger partial charge in [0.1, 0.15) is 25.6 Å². The number of hydrogen-bond acceptors (Lipinski definition) is 6. The molecule has 35 heavy (non-hydrogen) atoms. The van der Waals surface area contributed by atoms with Crippen LogP contribution in [0.1, 0.15) is 38.7 Å². The fraction of sp³-hybridized carbons (Fsp3) is 0.536. The van der Waals surface area contributed by atoms with Crippen LogP contribution >= 0.6 is 0 Å². The number of fused-ring (bicyclic) bond motifs is 1. The maximum absolute atomic E-state index is 12.0. The van der Waals surface area contributed by atoms with Gasteiger partial charge in [-0.05, 0) is 69.4 Å². The lowest BCUT2D eigenvalue weighted by Gasteiger charge is -2.30. The molecule has 1 amide bonds. The van der Waals surface area contributed by atoms with Crippen molar-refractivity contribution in [3.63, 3.8) is 0 Å². The number of phenols is 1. The number of ether oxygens (including phenoxy) is 3. The molecule has 3 aliphatic heterocycles. The van der Waals surface area contributed by atoms with E-state index in [0.717, 1.165) is 25.3 Å². The zero-order valence-corrected chi connectivity index (χ0v) is 21.3. The van der Waals surface area contributed by atoms with Crippen molar-refractivity contribution in [3.8, 4) is 17.2 Å². The highest BCUT2D eigenvalue weighted by Gasteiger charge is 2.33. The quantitative estimate of drug-likeness (QED) is 0.646. The smallest absolute Gasteiger partial charge is 0.410 e. The average molecular weight is 485 g/mol. The monoisotopic (exact) mass is 484 g/mol. The summed E-state index contributed by atoms with van der Waals surface area (Å²) in [6, 6.07) is 15.4. The first-order chi connectivity index (χ1) is 17.1. The average Bonchev–Trinajstić information content (AvgIpc) is 3.24. The van der Waals surface area contributed by atoms with E-state index in [1.54, 1.807) is 18.2 Å². The molecule has 7 heteroatoms. The molecule has 1 unspecified atom stereocenters. The summed E-state index contributed by atoms with van der Waals surface area (Å²) in [6.07, 6.45) is 4.37. The number of amides is 1. The molecule has 1 N–H and O–H groups in total. The van der Waals surface area contributed by atoms with Crippen LogP contribution in [0.2, 0.25) is 0 Å². The van der Waals surface area contributed by atoms with Crippen molar-refractivity contribution >= 4 is 6.09 Å². The van der Waals surface area contributed by atoms with Crippen molar-refractivity contribution in [3.05, 3.63) is 54.1 Å². The molecule has 3 aliphatic rings. The number of nitrogens with zero attached hydrogens (tertiary/aromatic N) is 2. The number of hydrogen-bond donors (Lipinski definition) is 1. The number of benzene rings is 2. The van der Waals surface area contributed by atoms with Gasteiger partial charge in [-0.25, -0.2) is 4.79 Å². The molecule has 3 heterocycles. The molecule has 2 aromatic carbocycles. The summed E-state index contributed by atoms with van der Waals surface area (Å²) >= 11 is 0. The minimum absolute atomic E-state index is 0.131. The SMILES string of the molecule is CC.CN1CCC(CCN2C(=O)OCC2Cc2ccccc2)CC1.Oc1ccc2c(c1)OCCO2. The van der Waals surface area contributed by atoms with Crippen LogP contribution in [0, 0.1) is 5.92 Å². The maximum Gasteiger partial charge on any atom is 0.410 e. The number of phenolic OH excluding ortho intramolecular Hbond substituents is 1. The summed E-state index contributed by atoms with van der Waals surface area (Å²) in [6.45, 7) is 8.87. The third-order valence-electron chi connectivity index (χ3n) is 6.53. The number of likely N-dealkylation sites (tertiary alicyclic amines) is 1. The number of rotatable bonds is 5. The van der Waals surface area contributed by atoms with Gasteiger partial charge in [-0.3, -0.25) is 0 Å². The van der Waals surface area contributed by atoms with Crippen LogP contribution in [-0.4, -0.2) is 73.5 Å². The van der Waals surface area contributed by atoms with Gasteiger partial charge in [-0.2, -0.15) is 0 Å². The molecule has 1 atom stereocenters. The Kier molecular flexibility index (Phi) is 10.5. The molecule has 0 spiro atoms. The van der Waals surface area contributed by atoms with Gasteiger partial charge in [-0.1, -0.05) is 44.2 Å². The number of aromatic hydroxyl groups is 1. The zero-order chi connectivity index (χ0) is 25.0. The highest BCUT2D eigenvalue weighted by molar-refractivity contribution is 5.70. The topological polar surface area (TPSA) is 71.5 Å². The molecule has 5 rings (SSSR count). The normalized spacial score (nSPS) is 19.7. The van der Waals surface area contributed by atoms with E-state index in [-0.39, 0.29) is 17.9 Å². The summed E-state index contributed by atoms with van der Waals surface area (Å²) in [5, 5.41) is 9.05. The predicted octanol–water partition coefficient (Wildman–Crippen LogP) is 4.97. The van der Waals surface area contributed by atoms with Crippen molar-refractivity contribution in [1.29, 1.82) is 0 Å². The lowest BCUT2D eigenvalue weighted by molar-refractivity contribution is 0.151. The Bertz CT molecular complexity index is 899. The standard InChI is InChI=1S/C18H26N2O2.C8H8O3.C2H6/c1-19-10-7-15(8-11-19)9-12-20-17(14-22-18(20)21)13-16-5-3-2-4-6-16;9-6-1-2-7-8(5-6)11-4-3-10-7;1-2/h2-6,15,17H,7-14H2,1H3;1-2,5,9H,3-4H2;1-2H3. The lowest BCUT2D eigenvalue weighted by atomic mass is 9.93. The van der Waals surface area contributed by atoms with Gasteiger partial charge in [0.15, 0.2) is 11.5 Å². The third-order valence-corrected chi connectivity index (χ3v) is 6.53. The molecule has 0 saturated carbocycles. The Balaban J connectivity index is 0.000000220. The first kappa shape index (κ1) is 26.7. The molecular formula is C28H40N2O5. The van der Waals surface area contributed by atoms with E-state index in [1.165, 1.54) is 31.5 Å². The van der Waals surface area contributed by atoms with Crippen LogP contribution < -0.4 is 9.47 Å². The largest absolute Gasteiger partial charge is 0.508 e. The minimum atomic E-state index is -0.131. The summed E-state index contributed by atoms with van der Waals surface area (Å²) in [7, 11) is 2.18. The molecule has 0 aromatic heterocycles. The maximum atomic E-state index is 12.0. The third kappa shape index (κ3) is 8.06. The van der Waals surface area contributed by atoms with Crippen LogP contribution in [0.25, 0.3) is 0 Å². The summed E-state index contributed by atoms with van der Waals surface area (Å²) < 4.78 is 15.7. The second-order valence-electron chi connectivity index (χ2n) is 8.98. The van der Waals surface area contributed by atoms with E-state index < -0.39 is 0 Å². The Morgan fingerprint density at radius 2 is 1.63 bits per heavy atom. The Labute approximate surface area is 209 Å². The van der Waals surface area contributed by atoms with E-state index in [2.05, 4.69) is 36.2 Å². The second kappa shape index (κ2) is 13.8. The van der Waals surface area contributed by atoms with Crippen molar-refractivity contribution in [1.82, 2.24) is 9.80 Å². The highest BCUT2D eigenvalue weighted by atomic mass is 16.6. The van der Waals surface area contributed by atoms with Crippen LogP contribution in [-0.2, 0) is 11.2 Å². The fourth-order valence-electron chi connectivity index (χ4n) is 4.52. The van der Waals surface area contributed by atoms with Crippen molar-refractivity contribution in [2.24, 2.45) is 5.92 Å². The van der Waals surface area contributed by atoms with Gasteiger partial charge in [0.25, 0.3) is 0 Å². The molecule has 2 aromatic rings. The zero-order valence-electron chi connectivity index (χ0n) is 21.3.